The van der Waals surface area contributed by atoms with Crippen molar-refractivity contribution in [2.75, 3.05) is 19.7 Å². The van der Waals surface area contributed by atoms with Gasteiger partial charge in [0.1, 0.15) is 24.4 Å². The minimum Gasteiger partial charge on any atom is -0.394 e. The summed E-state index contributed by atoms with van der Waals surface area (Å²) in [7, 11) is 0. The summed E-state index contributed by atoms with van der Waals surface area (Å²) >= 11 is 0. The number of aliphatic hydroxyl groups is 5. The van der Waals surface area contributed by atoms with Crippen LogP contribution in [0.5, 0.6) is 0 Å². The molecule has 0 aromatic carbocycles. The van der Waals surface area contributed by atoms with Crippen molar-refractivity contribution in [3.8, 4) is 0 Å². The highest BCUT2D eigenvalue weighted by molar-refractivity contribution is 5.76. The Kier molecular flexibility index (Phi) is 30.1. The Morgan fingerprint density at radius 1 is 0.551 bits per heavy atom. The standard InChI is InChI=1S/C41H81NO7/c1-3-5-7-9-11-13-15-17-19-21-23-25-27-29-31-42(33-35(44)32-36-39(46)41(48)40(47)37(34-43)49-36)38(45)30-28-26-24-22-20-18-16-14-12-10-8-6-4-2/h35-37,39-41,43-44,46-48H,3-34H2,1-2H3/t35?,36-,37+,39-,40+,41+/m0/s1. The fourth-order valence-corrected chi connectivity index (χ4v) is 7.24. The van der Waals surface area contributed by atoms with Gasteiger partial charge >= 0.3 is 0 Å². The molecule has 1 amide bonds. The van der Waals surface area contributed by atoms with Crippen molar-refractivity contribution in [1.29, 1.82) is 0 Å². The van der Waals surface area contributed by atoms with Gasteiger partial charge in [-0.2, -0.15) is 0 Å². The second kappa shape index (κ2) is 31.9. The molecule has 1 saturated heterocycles. The summed E-state index contributed by atoms with van der Waals surface area (Å²) in [5.41, 5.74) is 0. The molecule has 6 atom stereocenters. The molecule has 8 heteroatoms. The van der Waals surface area contributed by atoms with E-state index in [1.54, 1.807) is 4.90 Å². The molecule has 0 saturated carbocycles. The molecule has 0 radical (unpaired) electrons. The summed E-state index contributed by atoms with van der Waals surface area (Å²) in [6.07, 6.45) is 27.5. The number of hydrogen-bond acceptors (Lipinski definition) is 7. The second-order valence-electron chi connectivity index (χ2n) is 15.2. The summed E-state index contributed by atoms with van der Waals surface area (Å²) in [6, 6.07) is 0. The van der Waals surface area contributed by atoms with E-state index in [0.717, 1.165) is 38.5 Å². The summed E-state index contributed by atoms with van der Waals surface area (Å²) in [6.45, 7) is 4.76. The molecule has 1 aliphatic rings. The van der Waals surface area contributed by atoms with Crippen molar-refractivity contribution in [2.45, 2.75) is 237 Å². The molecular weight excluding hydrogens is 618 g/mol. The summed E-state index contributed by atoms with van der Waals surface area (Å²) in [5.74, 6) is 0.0608. The van der Waals surface area contributed by atoms with Crippen LogP contribution in [0, 0.1) is 0 Å². The van der Waals surface area contributed by atoms with Crippen LogP contribution in [0.4, 0.5) is 0 Å². The van der Waals surface area contributed by atoms with Crippen molar-refractivity contribution < 1.29 is 35.1 Å². The average molecular weight is 700 g/mol. The molecule has 0 bridgehead atoms. The van der Waals surface area contributed by atoms with Gasteiger partial charge in [0.25, 0.3) is 0 Å². The van der Waals surface area contributed by atoms with Gasteiger partial charge < -0.3 is 35.2 Å². The van der Waals surface area contributed by atoms with Crippen LogP contribution in [0.25, 0.3) is 0 Å². The quantitative estimate of drug-likeness (QED) is 0.0427. The minimum absolute atomic E-state index is 0.00269. The van der Waals surface area contributed by atoms with Gasteiger partial charge in [0.05, 0.1) is 18.8 Å². The van der Waals surface area contributed by atoms with Crippen molar-refractivity contribution in [2.24, 2.45) is 0 Å². The van der Waals surface area contributed by atoms with Crippen molar-refractivity contribution in [3.05, 3.63) is 0 Å². The SMILES string of the molecule is CCCCCCCCCCCCCCCCN(CC(O)C[C@@H]1O[C@H](CO)[C@@H](O)[C@H](O)[C@H]1O)C(=O)CCCCCCCCCCCCCCC. The highest BCUT2D eigenvalue weighted by Gasteiger charge is 2.44. The van der Waals surface area contributed by atoms with E-state index in [-0.39, 0.29) is 18.9 Å². The van der Waals surface area contributed by atoms with E-state index >= 15 is 0 Å². The molecule has 5 N–H and O–H groups in total. The predicted octanol–water partition coefficient (Wildman–Crippen LogP) is 8.37. The first-order chi connectivity index (χ1) is 23.8. The second-order valence-corrected chi connectivity index (χ2v) is 15.2. The summed E-state index contributed by atoms with van der Waals surface area (Å²) in [4.78, 5) is 15.1. The third kappa shape index (κ3) is 23.4. The lowest BCUT2D eigenvalue weighted by Crippen LogP contribution is -2.59. The number of ether oxygens (including phenoxy) is 1. The molecule has 292 valence electrons. The maximum Gasteiger partial charge on any atom is 0.222 e. The van der Waals surface area contributed by atoms with Crippen LogP contribution in [0.1, 0.15) is 200 Å². The largest absolute Gasteiger partial charge is 0.394 e. The van der Waals surface area contributed by atoms with E-state index in [1.807, 2.05) is 0 Å². The van der Waals surface area contributed by atoms with Crippen LogP contribution < -0.4 is 0 Å². The molecule has 1 heterocycles. The van der Waals surface area contributed by atoms with Gasteiger partial charge in [0.2, 0.25) is 5.91 Å². The molecule has 49 heavy (non-hydrogen) atoms. The molecule has 0 spiro atoms. The Bertz CT molecular complexity index is 739. The zero-order valence-electron chi connectivity index (χ0n) is 32.1. The Hall–Kier alpha value is -0.770. The maximum absolute atomic E-state index is 13.3. The van der Waals surface area contributed by atoms with Crippen LogP contribution >= 0.6 is 0 Å². The maximum atomic E-state index is 13.3. The summed E-state index contributed by atoms with van der Waals surface area (Å²) < 4.78 is 5.61. The Morgan fingerprint density at radius 2 is 0.918 bits per heavy atom. The third-order valence-electron chi connectivity index (χ3n) is 10.6. The fraction of sp³-hybridized carbons (Fsp3) is 0.976. The van der Waals surface area contributed by atoms with Gasteiger partial charge in [-0.1, -0.05) is 174 Å². The normalized spacial score (nSPS) is 21.7. The smallest absolute Gasteiger partial charge is 0.222 e. The first kappa shape index (κ1) is 46.3. The average Bonchev–Trinajstić information content (AvgIpc) is 3.10. The number of carbonyl (C=O) groups is 1. The molecule has 1 aliphatic heterocycles. The van der Waals surface area contributed by atoms with E-state index in [0.29, 0.717) is 13.0 Å². The Balaban J connectivity index is 2.39. The first-order valence-electron chi connectivity index (χ1n) is 21.1. The molecule has 1 rings (SSSR count). The molecule has 1 unspecified atom stereocenters. The summed E-state index contributed by atoms with van der Waals surface area (Å²) in [5, 5.41) is 51.2. The van der Waals surface area contributed by atoms with Crippen molar-refractivity contribution in [3.63, 3.8) is 0 Å². The number of aliphatic hydroxyl groups excluding tert-OH is 5. The van der Waals surface area contributed by atoms with Crippen molar-refractivity contribution in [1.82, 2.24) is 4.90 Å². The number of nitrogens with zero attached hydrogens (tertiary/aromatic N) is 1. The number of rotatable bonds is 34. The lowest BCUT2D eigenvalue weighted by atomic mass is 9.92. The number of hydrogen-bond donors (Lipinski definition) is 5. The van der Waals surface area contributed by atoms with Crippen molar-refractivity contribution >= 4 is 5.91 Å². The zero-order valence-corrected chi connectivity index (χ0v) is 32.1. The highest BCUT2D eigenvalue weighted by atomic mass is 16.5. The van der Waals surface area contributed by atoms with Crippen LogP contribution in [0.3, 0.4) is 0 Å². The molecule has 8 nitrogen and oxygen atoms in total. The number of amides is 1. The fourth-order valence-electron chi connectivity index (χ4n) is 7.24. The molecule has 0 aromatic rings. The van der Waals surface area contributed by atoms with Gasteiger partial charge in [-0.25, -0.2) is 0 Å². The van der Waals surface area contributed by atoms with Gasteiger partial charge in [-0.05, 0) is 12.8 Å². The van der Waals surface area contributed by atoms with Crippen LogP contribution in [0.2, 0.25) is 0 Å². The molecule has 0 aromatic heterocycles. The lowest BCUT2D eigenvalue weighted by Gasteiger charge is -2.41. The number of carbonyl (C=O) groups excluding carboxylic acids is 1. The first-order valence-corrected chi connectivity index (χ1v) is 21.1. The topological polar surface area (TPSA) is 131 Å². The van der Waals surface area contributed by atoms with Gasteiger partial charge in [-0.15, -0.1) is 0 Å². The third-order valence-corrected chi connectivity index (χ3v) is 10.6. The van der Waals surface area contributed by atoms with Gasteiger partial charge in [-0.3, -0.25) is 4.79 Å². The number of unbranched alkanes of at least 4 members (excludes halogenated alkanes) is 25. The van der Waals surface area contributed by atoms with Crippen LogP contribution in [-0.4, -0.2) is 92.7 Å². The van der Waals surface area contributed by atoms with Gasteiger partial charge in [0, 0.05) is 25.9 Å². The van der Waals surface area contributed by atoms with Crippen LogP contribution in [-0.2, 0) is 9.53 Å². The van der Waals surface area contributed by atoms with E-state index < -0.39 is 43.2 Å². The predicted molar refractivity (Wildman–Crippen MR) is 202 cm³/mol. The van der Waals surface area contributed by atoms with E-state index in [1.165, 1.54) is 135 Å². The minimum atomic E-state index is -1.47. The molecule has 1 fully saturated rings. The highest BCUT2D eigenvalue weighted by Crippen LogP contribution is 2.25. The molecular formula is C41H81NO7. The Labute approximate surface area is 301 Å². The van der Waals surface area contributed by atoms with E-state index in [9.17, 15) is 30.3 Å². The van der Waals surface area contributed by atoms with Crippen LogP contribution in [0.15, 0.2) is 0 Å². The van der Waals surface area contributed by atoms with E-state index in [4.69, 9.17) is 4.74 Å². The Morgan fingerprint density at radius 3 is 1.33 bits per heavy atom. The van der Waals surface area contributed by atoms with E-state index in [2.05, 4.69) is 13.8 Å². The monoisotopic (exact) mass is 700 g/mol. The van der Waals surface area contributed by atoms with Gasteiger partial charge in [0.15, 0.2) is 0 Å². The lowest BCUT2D eigenvalue weighted by molar-refractivity contribution is -0.234. The zero-order chi connectivity index (χ0) is 36.0. The molecule has 0 aliphatic carbocycles.